The van der Waals surface area contributed by atoms with Crippen LogP contribution in [-0.2, 0) is 18.4 Å². The van der Waals surface area contributed by atoms with Crippen LogP contribution in [0.25, 0.3) is 6.08 Å². The third-order valence-electron chi connectivity index (χ3n) is 3.42. The molecule has 0 fully saturated rings. The summed E-state index contributed by atoms with van der Waals surface area (Å²) in [5.74, 6) is -0.232. The van der Waals surface area contributed by atoms with Gasteiger partial charge in [0.1, 0.15) is 0 Å². The van der Waals surface area contributed by atoms with Crippen molar-refractivity contribution >= 4 is 12.0 Å². The van der Waals surface area contributed by atoms with Crippen LogP contribution in [-0.4, -0.2) is 26.6 Å². The average molecular weight is 328 g/mol. The van der Waals surface area contributed by atoms with Crippen molar-refractivity contribution in [1.29, 1.82) is 0 Å². The first kappa shape index (κ1) is 17.4. The van der Waals surface area contributed by atoms with Crippen LogP contribution in [0, 0.1) is 6.92 Å². The zero-order chi connectivity index (χ0) is 17.5. The Morgan fingerprint density at radius 1 is 1.33 bits per heavy atom. The van der Waals surface area contributed by atoms with Gasteiger partial charge in [-0.3, -0.25) is 19.1 Å². The molecule has 0 radical (unpaired) electrons. The molecule has 1 amide bonds. The largest absolute Gasteiger partial charge is 0.352 e. The van der Waals surface area contributed by atoms with Crippen LogP contribution in [0.3, 0.4) is 0 Å². The zero-order valence-corrected chi connectivity index (χ0v) is 13.7. The van der Waals surface area contributed by atoms with E-state index in [1.54, 1.807) is 25.5 Å². The van der Waals surface area contributed by atoms with Gasteiger partial charge in [0.05, 0.1) is 0 Å². The van der Waals surface area contributed by atoms with Gasteiger partial charge in [0, 0.05) is 50.9 Å². The molecule has 7 heteroatoms. The van der Waals surface area contributed by atoms with Crippen LogP contribution in [0.15, 0.2) is 46.4 Å². The van der Waals surface area contributed by atoms with E-state index >= 15 is 0 Å². The average Bonchev–Trinajstić information content (AvgIpc) is 2.56. The highest BCUT2D eigenvalue weighted by Gasteiger charge is 2.02. The first-order valence-corrected chi connectivity index (χ1v) is 7.61. The van der Waals surface area contributed by atoms with Crippen molar-refractivity contribution in [2.75, 3.05) is 6.54 Å². The van der Waals surface area contributed by atoms with E-state index in [9.17, 15) is 14.4 Å². The smallest absolute Gasteiger partial charge is 0.330 e. The van der Waals surface area contributed by atoms with Gasteiger partial charge in [-0.25, -0.2) is 4.79 Å². The lowest BCUT2D eigenvalue weighted by atomic mass is 10.2. The lowest BCUT2D eigenvalue weighted by Gasteiger charge is -2.06. The Morgan fingerprint density at radius 2 is 2.12 bits per heavy atom. The topological polar surface area (TPSA) is 86.0 Å². The van der Waals surface area contributed by atoms with Crippen molar-refractivity contribution in [1.82, 2.24) is 19.4 Å². The molecule has 0 saturated heterocycles. The summed E-state index contributed by atoms with van der Waals surface area (Å²) in [7, 11) is 1.59. The summed E-state index contributed by atoms with van der Waals surface area (Å²) in [6, 6.07) is 3.27. The normalized spacial score (nSPS) is 10.9. The zero-order valence-electron chi connectivity index (χ0n) is 13.7. The summed E-state index contributed by atoms with van der Waals surface area (Å²) in [5.41, 5.74) is 1.17. The van der Waals surface area contributed by atoms with Crippen molar-refractivity contribution in [3.63, 3.8) is 0 Å². The number of nitrogens with zero attached hydrogens (tertiary/aromatic N) is 3. The number of nitrogens with one attached hydrogen (secondary N) is 1. The van der Waals surface area contributed by atoms with Crippen molar-refractivity contribution in [2.45, 2.75) is 19.9 Å². The van der Waals surface area contributed by atoms with Crippen molar-refractivity contribution in [3.05, 3.63) is 68.8 Å². The van der Waals surface area contributed by atoms with E-state index in [1.165, 1.54) is 22.9 Å². The number of amides is 1. The number of carbonyl (C=O) groups is 1. The molecule has 0 atom stereocenters. The second-order valence-corrected chi connectivity index (χ2v) is 5.47. The summed E-state index contributed by atoms with van der Waals surface area (Å²) >= 11 is 0. The number of aryl methyl sites for hydroxylation is 2. The molecule has 0 spiro atoms. The first-order valence-electron chi connectivity index (χ1n) is 7.61. The molecule has 0 aromatic carbocycles. The first-order chi connectivity index (χ1) is 11.5. The van der Waals surface area contributed by atoms with Gasteiger partial charge in [-0.05, 0) is 36.6 Å². The molecule has 2 heterocycles. The molecule has 2 aromatic heterocycles. The fraction of sp³-hybridized carbons (Fsp3) is 0.294. The van der Waals surface area contributed by atoms with Gasteiger partial charge >= 0.3 is 5.69 Å². The number of pyridine rings is 1. The van der Waals surface area contributed by atoms with Crippen LogP contribution >= 0.6 is 0 Å². The summed E-state index contributed by atoms with van der Waals surface area (Å²) < 4.78 is 2.50. The quantitative estimate of drug-likeness (QED) is 0.617. The van der Waals surface area contributed by atoms with Crippen LogP contribution in [0.5, 0.6) is 0 Å². The summed E-state index contributed by atoms with van der Waals surface area (Å²) in [4.78, 5) is 39.3. The second-order valence-electron chi connectivity index (χ2n) is 5.47. The molecular formula is C17H20N4O3. The van der Waals surface area contributed by atoms with Crippen LogP contribution in [0.2, 0.25) is 0 Å². The minimum Gasteiger partial charge on any atom is -0.352 e. The van der Waals surface area contributed by atoms with Crippen molar-refractivity contribution in [2.24, 2.45) is 7.05 Å². The summed E-state index contributed by atoms with van der Waals surface area (Å²) in [6.07, 6.45) is 8.47. The Morgan fingerprint density at radius 3 is 2.88 bits per heavy atom. The highest BCUT2D eigenvalue weighted by atomic mass is 16.2. The Labute approximate surface area is 139 Å². The fourth-order valence-corrected chi connectivity index (χ4v) is 2.17. The molecule has 0 aliphatic carbocycles. The minimum absolute atomic E-state index is 0.232. The molecule has 24 heavy (non-hydrogen) atoms. The van der Waals surface area contributed by atoms with Gasteiger partial charge in [0.25, 0.3) is 5.56 Å². The third kappa shape index (κ3) is 4.77. The maximum absolute atomic E-state index is 11.8. The lowest BCUT2D eigenvalue weighted by Crippen LogP contribution is -2.38. The van der Waals surface area contributed by atoms with Gasteiger partial charge in [-0.1, -0.05) is 0 Å². The molecule has 1 N–H and O–H groups in total. The molecule has 0 unspecified atom stereocenters. The van der Waals surface area contributed by atoms with Crippen LogP contribution in [0.1, 0.15) is 17.5 Å². The molecule has 2 rings (SSSR count). The monoisotopic (exact) mass is 328 g/mol. The fourth-order valence-electron chi connectivity index (χ4n) is 2.17. The van der Waals surface area contributed by atoms with E-state index in [1.807, 2.05) is 13.0 Å². The van der Waals surface area contributed by atoms with Gasteiger partial charge in [-0.15, -0.1) is 0 Å². The Hall–Kier alpha value is -2.96. The van der Waals surface area contributed by atoms with Crippen molar-refractivity contribution in [3.8, 4) is 0 Å². The minimum atomic E-state index is -0.360. The van der Waals surface area contributed by atoms with E-state index < -0.39 is 0 Å². The Kier molecular flexibility index (Phi) is 5.83. The van der Waals surface area contributed by atoms with Gasteiger partial charge in [0.2, 0.25) is 5.91 Å². The van der Waals surface area contributed by atoms with Crippen LogP contribution < -0.4 is 16.6 Å². The standard InChI is InChI=1S/C17H20N4O3/c1-13-10-14(12-18-11-13)4-5-15(22)19-7-3-8-21-16(23)6-9-20(2)17(21)24/h4-6,9-12H,3,7-8H2,1-2H3,(H,19,22). The predicted octanol–water partition coefficient (Wildman–Crippen LogP) is 0.470. The van der Waals surface area contributed by atoms with Gasteiger partial charge in [0.15, 0.2) is 0 Å². The molecule has 0 aliphatic rings. The highest BCUT2D eigenvalue weighted by molar-refractivity contribution is 5.91. The van der Waals surface area contributed by atoms with E-state index in [0.29, 0.717) is 13.0 Å². The number of rotatable bonds is 6. The SMILES string of the molecule is Cc1cncc(C=CC(=O)NCCCn2c(=O)ccn(C)c2=O)c1. The number of aromatic nitrogens is 3. The molecule has 2 aromatic rings. The number of hydrogen-bond acceptors (Lipinski definition) is 4. The Balaban J connectivity index is 1.82. The van der Waals surface area contributed by atoms with Crippen LogP contribution in [0.4, 0.5) is 0 Å². The summed E-state index contributed by atoms with van der Waals surface area (Å²) in [5, 5.41) is 2.72. The van der Waals surface area contributed by atoms with Gasteiger partial charge in [-0.2, -0.15) is 0 Å². The predicted molar refractivity (Wildman–Crippen MR) is 91.6 cm³/mol. The molecule has 0 bridgehead atoms. The van der Waals surface area contributed by atoms with E-state index in [-0.39, 0.29) is 23.7 Å². The summed E-state index contributed by atoms with van der Waals surface area (Å²) in [6.45, 7) is 2.57. The number of hydrogen-bond donors (Lipinski definition) is 1. The van der Waals surface area contributed by atoms with E-state index in [4.69, 9.17) is 0 Å². The molecule has 126 valence electrons. The highest BCUT2D eigenvalue weighted by Crippen LogP contribution is 2.02. The Bertz CT molecular complexity index is 865. The van der Waals surface area contributed by atoms with E-state index in [2.05, 4.69) is 10.3 Å². The molecule has 0 saturated carbocycles. The lowest BCUT2D eigenvalue weighted by molar-refractivity contribution is -0.116. The molecule has 0 aliphatic heterocycles. The number of carbonyl (C=O) groups excluding carboxylic acids is 1. The van der Waals surface area contributed by atoms with E-state index in [0.717, 1.165) is 15.7 Å². The van der Waals surface area contributed by atoms with Crippen molar-refractivity contribution < 1.29 is 4.79 Å². The molecule has 7 nitrogen and oxygen atoms in total. The molecular weight excluding hydrogens is 308 g/mol. The maximum Gasteiger partial charge on any atom is 0.330 e. The maximum atomic E-state index is 11.8. The third-order valence-corrected chi connectivity index (χ3v) is 3.42. The van der Waals surface area contributed by atoms with Gasteiger partial charge < -0.3 is 9.88 Å². The second kappa shape index (κ2) is 8.05.